The molecule has 2 aliphatic rings. The monoisotopic (exact) mass is 600 g/mol. The third-order valence-corrected chi connectivity index (χ3v) is 7.47. The van der Waals surface area contributed by atoms with Crippen molar-refractivity contribution < 1.29 is 59.2 Å². The van der Waals surface area contributed by atoms with Crippen LogP contribution in [-0.4, -0.2) is 86.5 Å². The molecule has 1 saturated carbocycles. The summed E-state index contributed by atoms with van der Waals surface area (Å²) < 4.78 is 23.1. The van der Waals surface area contributed by atoms with Gasteiger partial charge in [0.1, 0.15) is 28.9 Å². The Morgan fingerprint density at radius 1 is 1.16 bits per heavy atom. The summed E-state index contributed by atoms with van der Waals surface area (Å²) >= 11 is 0. The average molecular weight is 601 g/mol. The van der Waals surface area contributed by atoms with Crippen molar-refractivity contribution in [2.75, 3.05) is 13.2 Å². The molecule has 4 rings (SSSR count). The van der Waals surface area contributed by atoms with Gasteiger partial charge in [0.25, 0.3) is 0 Å². The van der Waals surface area contributed by atoms with Crippen LogP contribution in [0, 0.1) is 11.8 Å². The number of phenolic OH excluding ortho intramolecular Hbond substituents is 3. The number of carbonyl (C=O) groups is 2. The lowest BCUT2D eigenvalue weighted by Gasteiger charge is -2.40. The largest absolute Gasteiger partial charge is 0.508 e. The Morgan fingerprint density at radius 2 is 1.93 bits per heavy atom. The van der Waals surface area contributed by atoms with Crippen molar-refractivity contribution in [1.82, 2.24) is 0 Å². The first-order valence-corrected chi connectivity index (χ1v) is 13.9. The minimum absolute atomic E-state index is 0.000556. The molecule has 0 saturated heterocycles. The molecular weight excluding hydrogens is 564 g/mol. The van der Waals surface area contributed by atoms with E-state index in [2.05, 4.69) is 6.58 Å². The lowest BCUT2D eigenvalue weighted by molar-refractivity contribution is -0.291. The van der Waals surface area contributed by atoms with Gasteiger partial charge in [-0.05, 0) is 43.5 Å². The highest BCUT2D eigenvalue weighted by Crippen LogP contribution is 2.41. The van der Waals surface area contributed by atoms with Crippen LogP contribution in [0.5, 0.6) is 17.2 Å². The van der Waals surface area contributed by atoms with Crippen molar-refractivity contribution in [3.8, 4) is 28.4 Å². The zero-order chi connectivity index (χ0) is 31.3. The van der Waals surface area contributed by atoms with Crippen LogP contribution in [-0.2, 0) is 23.7 Å². The van der Waals surface area contributed by atoms with Crippen LogP contribution >= 0.6 is 0 Å². The van der Waals surface area contributed by atoms with Gasteiger partial charge in [-0.2, -0.15) is 0 Å². The molecule has 12 nitrogen and oxygen atoms in total. The number of phenols is 3. The summed E-state index contributed by atoms with van der Waals surface area (Å²) in [5.41, 5.74) is 0.347. The van der Waals surface area contributed by atoms with Crippen LogP contribution < -0.4 is 0 Å². The molecule has 12 heteroatoms. The summed E-state index contributed by atoms with van der Waals surface area (Å²) in [4.78, 5) is 26.1. The smallest absolute Gasteiger partial charge is 0.343 e. The van der Waals surface area contributed by atoms with Gasteiger partial charge >= 0.3 is 5.97 Å². The second kappa shape index (κ2) is 14.0. The molecule has 1 aliphatic heterocycles. The van der Waals surface area contributed by atoms with E-state index in [0.717, 1.165) is 6.07 Å². The van der Waals surface area contributed by atoms with E-state index >= 15 is 0 Å². The second-order valence-electron chi connectivity index (χ2n) is 10.5. The van der Waals surface area contributed by atoms with Crippen molar-refractivity contribution in [3.63, 3.8) is 0 Å². The number of carbonyl (C=O) groups excluding carboxylic acids is 2. The molecule has 0 radical (unpaired) electrons. The molecule has 0 spiro atoms. The maximum absolute atomic E-state index is 13.6. The number of esters is 1. The highest BCUT2D eigenvalue weighted by molar-refractivity contribution is 6.00. The Bertz CT molecular complexity index is 1350. The van der Waals surface area contributed by atoms with Crippen molar-refractivity contribution in [3.05, 3.63) is 66.5 Å². The standard InChI is InChI=1S/C31H36O12/c1-3-20-21-8-5-9-24(36)23(21)15-41-30(20)43-31(40-11-10-32)28(27(38)16(2)33)42-29(39)26-22(13-19(35)14-25(26)37)17-6-4-7-18(34)12-17/h3-4,6-7,12-16,20-21,27-28,30-35,37-38H,1,5,8-11H2,2H3/t16?,20-,21+,27?,28?,30+,31?/m1/s1. The molecule has 4 unspecified atom stereocenters. The van der Waals surface area contributed by atoms with Gasteiger partial charge in [0.2, 0.25) is 12.6 Å². The zero-order valence-electron chi connectivity index (χ0n) is 23.5. The summed E-state index contributed by atoms with van der Waals surface area (Å²) in [5, 5.41) is 61.5. The van der Waals surface area contributed by atoms with E-state index in [4.69, 9.17) is 18.9 Å². The first kappa shape index (κ1) is 32.0. The summed E-state index contributed by atoms with van der Waals surface area (Å²) in [6.45, 7) is 4.32. The van der Waals surface area contributed by atoms with Crippen LogP contribution in [0.15, 0.2) is 60.9 Å². The van der Waals surface area contributed by atoms with Crippen LogP contribution in [0.1, 0.15) is 36.5 Å². The average Bonchev–Trinajstić information content (AvgIpc) is 2.97. The number of allylic oxidation sites excluding steroid dienone is 1. The van der Waals surface area contributed by atoms with Gasteiger partial charge < -0.3 is 49.6 Å². The van der Waals surface area contributed by atoms with Gasteiger partial charge in [-0.3, -0.25) is 4.79 Å². The Morgan fingerprint density at radius 3 is 2.60 bits per heavy atom. The fourth-order valence-corrected chi connectivity index (χ4v) is 5.34. The molecule has 1 fully saturated rings. The normalized spacial score (nSPS) is 22.7. The van der Waals surface area contributed by atoms with Gasteiger partial charge in [0.15, 0.2) is 11.9 Å². The van der Waals surface area contributed by atoms with Crippen LogP contribution in [0.2, 0.25) is 0 Å². The molecule has 0 bridgehead atoms. The SMILES string of the molecule is C=C[C@H]1[C@H](OC(OCCO)C(OC(=O)c2c(O)cc(O)cc2-c2cccc(O)c2)C(O)C(C)O)OC=C2C(=O)CCC[C@H]21. The van der Waals surface area contributed by atoms with Crippen molar-refractivity contribution in [2.45, 2.75) is 57.1 Å². The first-order chi connectivity index (χ1) is 20.5. The number of rotatable bonds is 12. The Labute approximate surface area is 248 Å². The van der Waals surface area contributed by atoms with E-state index in [0.29, 0.717) is 24.8 Å². The molecule has 1 aliphatic carbocycles. The number of ether oxygens (including phenoxy) is 4. The van der Waals surface area contributed by atoms with Gasteiger partial charge in [-0.15, -0.1) is 6.58 Å². The maximum atomic E-state index is 13.6. The topological polar surface area (TPSA) is 192 Å². The lowest BCUT2D eigenvalue weighted by atomic mass is 9.75. The minimum Gasteiger partial charge on any atom is -0.508 e. The summed E-state index contributed by atoms with van der Waals surface area (Å²) in [6, 6.07) is 7.81. The van der Waals surface area contributed by atoms with Gasteiger partial charge in [0.05, 0.1) is 25.6 Å². The molecule has 232 valence electrons. The first-order valence-electron chi connectivity index (χ1n) is 13.9. The van der Waals surface area contributed by atoms with Gasteiger partial charge in [-0.25, -0.2) is 4.79 Å². The third-order valence-electron chi connectivity index (χ3n) is 7.47. The fourth-order valence-electron chi connectivity index (χ4n) is 5.34. The minimum atomic E-state index is -1.79. The number of hydrogen-bond acceptors (Lipinski definition) is 12. The van der Waals surface area contributed by atoms with E-state index in [9.17, 15) is 40.2 Å². The molecule has 7 atom stereocenters. The highest BCUT2D eigenvalue weighted by atomic mass is 16.8. The number of aliphatic hydroxyl groups excluding tert-OH is 3. The number of benzene rings is 2. The number of aliphatic hydroxyl groups is 3. The van der Waals surface area contributed by atoms with Crippen LogP contribution in [0.25, 0.3) is 11.1 Å². The molecule has 1 heterocycles. The number of fused-ring (bicyclic) bond motifs is 1. The molecule has 0 aromatic heterocycles. The fraction of sp³-hybridized carbons (Fsp3) is 0.419. The van der Waals surface area contributed by atoms with Crippen molar-refractivity contribution in [2.24, 2.45) is 11.8 Å². The summed E-state index contributed by atoms with van der Waals surface area (Å²) in [5.74, 6) is -3.19. The third kappa shape index (κ3) is 7.17. The molecule has 43 heavy (non-hydrogen) atoms. The Kier molecular flexibility index (Phi) is 10.4. The predicted octanol–water partition coefficient (Wildman–Crippen LogP) is 2.50. The van der Waals surface area contributed by atoms with Gasteiger partial charge in [-0.1, -0.05) is 18.2 Å². The van der Waals surface area contributed by atoms with Gasteiger partial charge in [0, 0.05) is 35.5 Å². The van der Waals surface area contributed by atoms with E-state index in [-0.39, 0.29) is 40.9 Å². The molecule has 2 aromatic rings. The quantitative estimate of drug-likeness (QED) is 0.119. The number of hydrogen-bond donors (Lipinski definition) is 6. The van der Waals surface area contributed by atoms with Crippen molar-refractivity contribution >= 4 is 11.8 Å². The Hall–Kier alpha value is -3.94. The van der Waals surface area contributed by atoms with Crippen LogP contribution in [0.3, 0.4) is 0 Å². The molecule has 6 N–H and O–H groups in total. The molecule has 0 amide bonds. The van der Waals surface area contributed by atoms with E-state index in [1.807, 2.05) is 0 Å². The number of ketones is 1. The van der Waals surface area contributed by atoms with Crippen LogP contribution in [0.4, 0.5) is 0 Å². The highest BCUT2D eigenvalue weighted by Gasteiger charge is 2.44. The second-order valence-corrected chi connectivity index (χ2v) is 10.5. The molecule has 2 aromatic carbocycles. The number of Topliss-reactive ketones (excluding diaryl/α,β-unsaturated/α-hetero) is 1. The van der Waals surface area contributed by atoms with E-state index in [1.54, 1.807) is 6.08 Å². The van der Waals surface area contributed by atoms with Crippen molar-refractivity contribution in [1.29, 1.82) is 0 Å². The molecular formula is C31H36O12. The predicted molar refractivity (Wildman–Crippen MR) is 151 cm³/mol. The lowest BCUT2D eigenvalue weighted by Crippen LogP contribution is -2.51. The zero-order valence-corrected chi connectivity index (χ0v) is 23.5. The maximum Gasteiger partial charge on any atom is 0.343 e. The van der Waals surface area contributed by atoms with E-state index in [1.165, 1.54) is 43.5 Å². The summed E-state index contributed by atoms with van der Waals surface area (Å²) in [7, 11) is 0. The summed E-state index contributed by atoms with van der Waals surface area (Å²) in [6.07, 6.45) is -3.08. The Balaban J connectivity index is 1.69. The van der Waals surface area contributed by atoms with E-state index < -0.39 is 60.7 Å². The number of aromatic hydroxyl groups is 3.